The lowest BCUT2D eigenvalue weighted by atomic mass is 9.85. The summed E-state index contributed by atoms with van der Waals surface area (Å²) < 4.78 is 8.02. The van der Waals surface area contributed by atoms with Crippen LogP contribution in [0, 0.1) is 0 Å². The van der Waals surface area contributed by atoms with Gasteiger partial charge in [0.25, 0.3) is 0 Å². The summed E-state index contributed by atoms with van der Waals surface area (Å²) in [6, 6.07) is 8.88. The van der Waals surface area contributed by atoms with Gasteiger partial charge in [-0.3, -0.25) is 0 Å². The van der Waals surface area contributed by atoms with E-state index in [9.17, 15) is 0 Å². The molecule has 1 aliphatic rings. The van der Waals surface area contributed by atoms with E-state index in [4.69, 9.17) is 4.43 Å². The van der Waals surface area contributed by atoms with E-state index in [0.717, 1.165) is 23.7 Å². The van der Waals surface area contributed by atoms with Crippen molar-refractivity contribution in [2.24, 2.45) is 0 Å². The van der Waals surface area contributed by atoms with E-state index in [1.165, 1.54) is 5.56 Å². The highest BCUT2D eigenvalue weighted by atomic mass is 79.9. The Morgan fingerprint density at radius 3 is 2.42 bits per heavy atom. The van der Waals surface area contributed by atoms with Crippen LogP contribution in [-0.4, -0.2) is 20.0 Å². The molecule has 1 N–H and O–H groups in total. The van der Waals surface area contributed by atoms with Crippen molar-refractivity contribution < 1.29 is 4.43 Å². The summed E-state index contributed by atoms with van der Waals surface area (Å²) in [6.45, 7) is 20.1. The second-order valence-electron chi connectivity index (χ2n) is 9.76. The van der Waals surface area contributed by atoms with Crippen molar-refractivity contribution in [3.8, 4) is 0 Å². The topological polar surface area (TPSA) is 21.3 Å². The standard InChI is InChI=1S/C22H36BrNOSi/c1-9-15-22(17-12-10-11-13-18(17)23)16-14-19(24-22)21(5,6)25-26(7,8)20(2,3)4/h9-13,19,24H,1,14-16H2,2-8H3/t19-,22+/m1/s1. The smallest absolute Gasteiger partial charge is 0.192 e. The van der Waals surface area contributed by atoms with Gasteiger partial charge in [0.05, 0.1) is 5.60 Å². The molecule has 0 unspecified atom stereocenters. The third-order valence-corrected chi connectivity index (χ3v) is 11.7. The van der Waals surface area contributed by atoms with Crippen LogP contribution in [0.2, 0.25) is 18.1 Å². The molecule has 2 nitrogen and oxygen atoms in total. The Hall–Kier alpha value is -0.423. The van der Waals surface area contributed by atoms with Gasteiger partial charge in [-0.1, -0.05) is 61.0 Å². The zero-order chi connectivity index (χ0) is 19.8. The van der Waals surface area contributed by atoms with E-state index in [-0.39, 0.29) is 16.2 Å². The monoisotopic (exact) mass is 437 g/mol. The first-order valence-electron chi connectivity index (χ1n) is 9.68. The molecular weight excluding hydrogens is 402 g/mol. The maximum Gasteiger partial charge on any atom is 0.192 e. The summed E-state index contributed by atoms with van der Waals surface area (Å²) >= 11 is 3.76. The Morgan fingerprint density at radius 1 is 1.27 bits per heavy atom. The molecule has 0 spiro atoms. The average molecular weight is 439 g/mol. The van der Waals surface area contributed by atoms with Crippen molar-refractivity contribution in [2.75, 3.05) is 0 Å². The molecule has 0 radical (unpaired) electrons. The molecule has 2 rings (SSSR count). The summed E-state index contributed by atoms with van der Waals surface area (Å²) in [6.07, 6.45) is 5.16. The number of halogens is 1. The van der Waals surface area contributed by atoms with Gasteiger partial charge in [0.2, 0.25) is 0 Å². The zero-order valence-corrected chi connectivity index (χ0v) is 20.2. The van der Waals surface area contributed by atoms with E-state index >= 15 is 0 Å². The first-order chi connectivity index (χ1) is 11.8. The van der Waals surface area contributed by atoms with Crippen molar-refractivity contribution in [3.05, 3.63) is 47.0 Å². The highest BCUT2D eigenvalue weighted by molar-refractivity contribution is 9.10. The first-order valence-corrected chi connectivity index (χ1v) is 13.4. The molecule has 1 aromatic carbocycles. The lowest BCUT2D eigenvalue weighted by Crippen LogP contribution is -2.56. The van der Waals surface area contributed by atoms with Gasteiger partial charge in [-0.15, -0.1) is 6.58 Å². The third-order valence-electron chi connectivity index (χ3n) is 6.36. The fourth-order valence-corrected chi connectivity index (χ4v) is 6.28. The average Bonchev–Trinajstić information content (AvgIpc) is 2.92. The number of rotatable bonds is 6. The van der Waals surface area contributed by atoms with Crippen LogP contribution in [0.25, 0.3) is 0 Å². The molecule has 146 valence electrons. The minimum atomic E-state index is -1.83. The Labute approximate surface area is 170 Å². The van der Waals surface area contributed by atoms with Crippen LogP contribution in [-0.2, 0) is 9.96 Å². The van der Waals surface area contributed by atoms with E-state index < -0.39 is 8.32 Å². The molecule has 0 amide bonds. The summed E-state index contributed by atoms with van der Waals surface area (Å²) in [5, 5.41) is 4.18. The fourth-order valence-electron chi connectivity index (χ4n) is 3.85. The molecular formula is C22H36BrNOSi. The summed E-state index contributed by atoms with van der Waals surface area (Å²) in [4.78, 5) is 0. The molecule has 26 heavy (non-hydrogen) atoms. The van der Waals surface area contributed by atoms with Crippen LogP contribution in [0.15, 0.2) is 41.4 Å². The van der Waals surface area contributed by atoms with Crippen LogP contribution in [0.3, 0.4) is 0 Å². The summed E-state index contributed by atoms with van der Waals surface area (Å²) in [5.74, 6) is 0. The van der Waals surface area contributed by atoms with Gasteiger partial charge in [0, 0.05) is 16.1 Å². The van der Waals surface area contributed by atoms with E-state index in [0.29, 0.717) is 6.04 Å². The number of hydrogen-bond donors (Lipinski definition) is 1. The van der Waals surface area contributed by atoms with Crippen molar-refractivity contribution in [3.63, 3.8) is 0 Å². The van der Waals surface area contributed by atoms with Crippen LogP contribution in [0.1, 0.15) is 59.4 Å². The molecule has 1 fully saturated rings. The number of hydrogen-bond acceptors (Lipinski definition) is 2. The Bertz CT molecular complexity index is 650. The molecule has 2 atom stereocenters. The summed E-state index contributed by atoms with van der Waals surface area (Å²) in [5.41, 5.74) is 1.05. The highest BCUT2D eigenvalue weighted by Gasteiger charge is 2.49. The van der Waals surface area contributed by atoms with Gasteiger partial charge < -0.3 is 9.74 Å². The number of nitrogens with one attached hydrogen (secondary N) is 1. The van der Waals surface area contributed by atoms with Gasteiger partial charge >= 0.3 is 0 Å². The SMILES string of the molecule is C=CC[C@@]1(c2ccccc2Br)CC[C@H](C(C)(C)O[Si](C)(C)C(C)(C)C)N1. The summed E-state index contributed by atoms with van der Waals surface area (Å²) in [7, 11) is -1.83. The van der Waals surface area contributed by atoms with Crippen molar-refractivity contribution >= 4 is 24.2 Å². The van der Waals surface area contributed by atoms with Crippen molar-refractivity contribution in [1.82, 2.24) is 5.32 Å². The predicted octanol–water partition coefficient (Wildman–Crippen LogP) is 6.77. The minimum Gasteiger partial charge on any atom is -0.410 e. The second kappa shape index (κ2) is 7.54. The molecule has 0 bridgehead atoms. The quantitative estimate of drug-likeness (QED) is 0.391. The Kier molecular flexibility index (Phi) is 6.34. The predicted molar refractivity (Wildman–Crippen MR) is 119 cm³/mol. The maximum absolute atomic E-state index is 6.85. The third kappa shape index (κ3) is 4.35. The molecule has 1 heterocycles. The zero-order valence-electron chi connectivity index (χ0n) is 17.6. The van der Waals surface area contributed by atoms with Crippen LogP contribution >= 0.6 is 15.9 Å². The normalized spacial score (nSPS) is 24.7. The molecule has 1 aromatic rings. The van der Waals surface area contributed by atoms with E-state index in [1.807, 2.05) is 6.08 Å². The van der Waals surface area contributed by atoms with Gasteiger partial charge in [-0.05, 0) is 62.9 Å². The van der Waals surface area contributed by atoms with Crippen LogP contribution in [0.4, 0.5) is 0 Å². The molecule has 4 heteroatoms. The molecule has 0 aliphatic carbocycles. The lowest BCUT2D eigenvalue weighted by molar-refractivity contribution is 0.0511. The largest absolute Gasteiger partial charge is 0.410 e. The lowest BCUT2D eigenvalue weighted by Gasteiger charge is -2.46. The molecule has 1 aliphatic heterocycles. The Balaban J connectivity index is 2.29. The highest BCUT2D eigenvalue weighted by Crippen LogP contribution is 2.45. The van der Waals surface area contributed by atoms with Gasteiger partial charge in [-0.25, -0.2) is 0 Å². The van der Waals surface area contributed by atoms with Gasteiger partial charge in [0.1, 0.15) is 0 Å². The minimum absolute atomic E-state index is 0.0689. The van der Waals surface area contributed by atoms with Gasteiger partial charge in [0.15, 0.2) is 8.32 Å². The van der Waals surface area contributed by atoms with Crippen molar-refractivity contribution in [2.45, 2.75) is 89.2 Å². The van der Waals surface area contributed by atoms with Crippen molar-refractivity contribution in [1.29, 1.82) is 0 Å². The first kappa shape index (κ1) is 21.9. The molecule has 0 saturated carbocycles. The molecule has 0 aromatic heterocycles. The maximum atomic E-state index is 6.85. The van der Waals surface area contributed by atoms with E-state index in [2.05, 4.69) is 99.8 Å². The molecule has 1 saturated heterocycles. The van der Waals surface area contributed by atoms with Crippen LogP contribution in [0.5, 0.6) is 0 Å². The Morgan fingerprint density at radius 2 is 1.88 bits per heavy atom. The fraction of sp³-hybridized carbons (Fsp3) is 0.636. The van der Waals surface area contributed by atoms with Crippen LogP contribution < -0.4 is 5.32 Å². The second-order valence-corrected chi connectivity index (χ2v) is 15.3. The van der Waals surface area contributed by atoms with E-state index in [1.54, 1.807) is 0 Å². The van der Waals surface area contributed by atoms with Gasteiger partial charge in [-0.2, -0.15) is 0 Å². The number of benzene rings is 1.